The van der Waals surface area contributed by atoms with Crippen LogP contribution in [0.4, 0.5) is 0 Å². The van der Waals surface area contributed by atoms with Crippen LogP contribution < -0.4 is 5.32 Å². The number of nitrogens with zero attached hydrogens (tertiary/aromatic N) is 3. The fourth-order valence-corrected chi connectivity index (χ4v) is 2.97. The van der Waals surface area contributed by atoms with E-state index in [1.54, 1.807) is 0 Å². The van der Waals surface area contributed by atoms with Gasteiger partial charge in [-0.15, -0.1) is 5.10 Å². The summed E-state index contributed by atoms with van der Waals surface area (Å²) in [5.74, 6) is -0.420. The minimum Gasteiger partial charge on any atom is -0.464 e. The van der Waals surface area contributed by atoms with E-state index in [9.17, 15) is 4.79 Å². The van der Waals surface area contributed by atoms with Gasteiger partial charge in [0.1, 0.15) is 0 Å². The van der Waals surface area contributed by atoms with Crippen LogP contribution in [0.5, 0.6) is 0 Å². The monoisotopic (exact) mass is 280 g/mol. The van der Waals surface area contributed by atoms with Crippen LogP contribution in [0, 0.1) is 0 Å². The van der Waals surface area contributed by atoms with Gasteiger partial charge in [0.25, 0.3) is 0 Å². The fourth-order valence-electron chi connectivity index (χ4n) is 2.97. The molecular weight excluding hydrogens is 260 g/mol. The molecule has 0 spiro atoms. The van der Waals surface area contributed by atoms with Gasteiger partial charge in [0, 0.05) is 6.61 Å². The Hall–Kier alpha value is -1.47. The van der Waals surface area contributed by atoms with Gasteiger partial charge < -0.3 is 14.8 Å². The zero-order chi connectivity index (χ0) is 13.9. The molecule has 2 aliphatic heterocycles. The Labute approximate surface area is 117 Å². The first-order valence-electron chi connectivity index (χ1n) is 7.15. The number of nitrogens with one attached hydrogen (secondary N) is 1. The van der Waals surface area contributed by atoms with Crippen LogP contribution in [-0.2, 0) is 9.47 Å². The highest BCUT2D eigenvalue weighted by molar-refractivity contribution is 5.88. The number of aromatic nitrogens is 3. The van der Waals surface area contributed by atoms with E-state index in [-0.39, 0.29) is 12.1 Å². The van der Waals surface area contributed by atoms with E-state index >= 15 is 0 Å². The second-order valence-corrected chi connectivity index (χ2v) is 5.28. The smallest absolute Gasteiger partial charge is 0.360 e. The van der Waals surface area contributed by atoms with Crippen LogP contribution in [0.1, 0.15) is 53.9 Å². The number of hydrogen-bond donors (Lipinski definition) is 1. The average Bonchev–Trinajstić information content (AvgIpc) is 3.15. The Bertz CT molecular complexity index is 476. The summed E-state index contributed by atoms with van der Waals surface area (Å²) in [5, 5.41) is 11.7. The Morgan fingerprint density at radius 3 is 3.00 bits per heavy atom. The van der Waals surface area contributed by atoms with Gasteiger partial charge in [0.05, 0.1) is 31.5 Å². The van der Waals surface area contributed by atoms with Crippen molar-refractivity contribution in [2.45, 2.75) is 37.8 Å². The minimum atomic E-state index is -0.420. The number of methoxy groups -OCH3 is 1. The van der Waals surface area contributed by atoms with Gasteiger partial charge in [0.15, 0.2) is 5.69 Å². The average molecular weight is 280 g/mol. The molecule has 2 fully saturated rings. The molecule has 2 atom stereocenters. The van der Waals surface area contributed by atoms with E-state index in [2.05, 4.69) is 15.6 Å². The van der Waals surface area contributed by atoms with Crippen LogP contribution in [0.3, 0.4) is 0 Å². The standard InChI is InChI=1S/C13H20N4O3/c1-19-13(18)11-12(10-5-2-6-14-10)17(16-15-11)9-4-3-7-20-8-9/h9-10,14H,2-8H2,1H3. The van der Waals surface area contributed by atoms with Crippen molar-refractivity contribution >= 4 is 5.97 Å². The number of carbonyl (C=O) groups is 1. The number of rotatable bonds is 3. The van der Waals surface area contributed by atoms with Crippen molar-refractivity contribution < 1.29 is 14.3 Å². The summed E-state index contributed by atoms with van der Waals surface area (Å²) < 4.78 is 12.2. The zero-order valence-electron chi connectivity index (χ0n) is 11.7. The summed E-state index contributed by atoms with van der Waals surface area (Å²) in [6, 6.07) is 0.285. The molecule has 2 aliphatic rings. The van der Waals surface area contributed by atoms with Crippen molar-refractivity contribution in [2.75, 3.05) is 26.9 Å². The van der Waals surface area contributed by atoms with Crippen LogP contribution in [0.2, 0.25) is 0 Å². The van der Waals surface area contributed by atoms with Crippen molar-refractivity contribution in [3.05, 3.63) is 11.4 Å². The predicted octanol–water partition coefficient (Wildman–Crippen LogP) is 0.841. The number of esters is 1. The van der Waals surface area contributed by atoms with Gasteiger partial charge in [0.2, 0.25) is 0 Å². The second-order valence-electron chi connectivity index (χ2n) is 5.28. The first kappa shape index (κ1) is 13.5. The molecule has 1 N–H and O–H groups in total. The van der Waals surface area contributed by atoms with E-state index in [0.29, 0.717) is 12.3 Å². The summed E-state index contributed by atoms with van der Waals surface area (Å²) in [6.45, 7) is 2.38. The van der Waals surface area contributed by atoms with Gasteiger partial charge in [-0.1, -0.05) is 5.21 Å². The zero-order valence-corrected chi connectivity index (χ0v) is 11.7. The van der Waals surface area contributed by atoms with Crippen LogP contribution in [0.25, 0.3) is 0 Å². The maximum atomic E-state index is 11.9. The van der Waals surface area contributed by atoms with Gasteiger partial charge in [-0.05, 0) is 32.2 Å². The van der Waals surface area contributed by atoms with Crippen LogP contribution in [-0.4, -0.2) is 47.8 Å². The normalized spacial score (nSPS) is 26.6. The fraction of sp³-hybridized carbons (Fsp3) is 0.769. The van der Waals surface area contributed by atoms with Crippen molar-refractivity contribution in [1.29, 1.82) is 0 Å². The topological polar surface area (TPSA) is 78.3 Å². The molecule has 0 aromatic carbocycles. The molecule has 2 saturated heterocycles. The van der Waals surface area contributed by atoms with Gasteiger partial charge >= 0.3 is 5.97 Å². The van der Waals surface area contributed by atoms with Crippen LogP contribution in [0.15, 0.2) is 0 Å². The van der Waals surface area contributed by atoms with Gasteiger partial charge in [-0.3, -0.25) is 0 Å². The largest absolute Gasteiger partial charge is 0.464 e. The molecule has 7 heteroatoms. The Morgan fingerprint density at radius 2 is 2.35 bits per heavy atom. The van der Waals surface area contributed by atoms with Gasteiger partial charge in [-0.25, -0.2) is 9.48 Å². The molecule has 0 radical (unpaired) electrons. The number of hydrogen-bond acceptors (Lipinski definition) is 6. The summed E-state index contributed by atoms with van der Waals surface area (Å²) in [6.07, 6.45) is 4.10. The van der Waals surface area contributed by atoms with Crippen molar-refractivity contribution in [2.24, 2.45) is 0 Å². The lowest BCUT2D eigenvalue weighted by atomic mass is 10.1. The highest BCUT2D eigenvalue weighted by Crippen LogP contribution is 2.29. The Balaban J connectivity index is 1.95. The lowest BCUT2D eigenvalue weighted by molar-refractivity contribution is 0.0523. The third-order valence-corrected chi connectivity index (χ3v) is 3.98. The molecule has 20 heavy (non-hydrogen) atoms. The first-order valence-corrected chi connectivity index (χ1v) is 7.15. The molecule has 1 aromatic heterocycles. The summed E-state index contributed by atoms with van der Waals surface area (Å²) in [7, 11) is 1.37. The Kier molecular flexibility index (Phi) is 3.98. The molecular formula is C13H20N4O3. The molecule has 0 bridgehead atoms. The highest BCUT2D eigenvalue weighted by Gasteiger charge is 2.32. The van der Waals surface area contributed by atoms with Crippen molar-refractivity contribution in [3.8, 4) is 0 Å². The maximum absolute atomic E-state index is 11.9. The van der Waals surface area contributed by atoms with E-state index in [0.717, 1.165) is 44.5 Å². The first-order chi connectivity index (χ1) is 9.81. The second kappa shape index (κ2) is 5.88. The third kappa shape index (κ3) is 2.43. The molecule has 1 aromatic rings. The SMILES string of the molecule is COC(=O)c1nnn(C2CCCOC2)c1C1CCCN1. The third-order valence-electron chi connectivity index (χ3n) is 3.98. The van der Waals surface area contributed by atoms with E-state index in [4.69, 9.17) is 9.47 Å². The molecule has 7 nitrogen and oxygen atoms in total. The van der Waals surface area contributed by atoms with Crippen molar-refractivity contribution in [3.63, 3.8) is 0 Å². The van der Waals surface area contributed by atoms with Crippen molar-refractivity contribution in [1.82, 2.24) is 20.3 Å². The molecule has 3 heterocycles. The van der Waals surface area contributed by atoms with Crippen LogP contribution >= 0.6 is 0 Å². The van der Waals surface area contributed by atoms with Gasteiger partial charge in [-0.2, -0.15) is 0 Å². The summed E-state index contributed by atoms with van der Waals surface area (Å²) >= 11 is 0. The predicted molar refractivity (Wildman–Crippen MR) is 70.4 cm³/mol. The summed E-state index contributed by atoms with van der Waals surface area (Å²) in [5.41, 5.74) is 1.18. The molecule has 0 saturated carbocycles. The maximum Gasteiger partial charge on any atom is 0.360 e. The van der Waals surface area contributed by atoms with E-state index in [1.807, 2.05) is 4.68 Å². The minimum absolute atomic E-state index is 0.126. The lowest BCUT2D eigenvalue weighted by Gasteiger charge is -2.25. The highest BCUT2D eigenvalue weighted by atomic mass is 16.5. The number of ether oxygens (including phenoxy) is 2. The molecule has 2 unspecified atom stereocenters. The van der Waals surface area contributed by atoms with E-state index in [1.165, 1.54) is 7.11 Å². The molecule has 0 amide bonds. The van der Waals surface area contributed by atoms with E-state index < -0.39 is 5.97 Å². The molecule has 3 rings (SSSR count). The quantitative estimate of drug-likeness (QED) is 0.827. The molecule has 110 valence electrons. The Morgan fingerprint density at radius 1 is 1.45 bits per heavy atom. The summed E-state index contributed by atoms with van der Waals surface area (Å²) in [4.78, 5) is 11.9. The lowest BCUT2D eigenvalue weighted by Crippen LogP contribution is -2.27. The number of carbonyl (C=O) groups excluding carboxylic acids is 1. The molecule has 0 aliphatic carbocycles.